The minimum absolute atomic E-state index is 0.194. The number of halogens is 2. The molecule has 3 rings (SSSR count). The number of nitrogens with one attached hydrogen (secondary N) is 2. The Balaban J connectivity index is 1.63. The van der Waals surface area contributed by atoms with Crippen LogP contribution in [0.5, 0.6) is 0 Å². The van der Waals surface area contributed by atoms with Crippen molar-refractivity contribution >= 4 is 63.7 Å². The second kappa shape index (κ2) is 9.75. The second-order valence-corrected chi connectivity index (χ2v) is 7.96. The van der Waals surface area contributed by atoms with E-state index in [-0.39, 0.29) is 11.5 Å². The van der Waals surface area contributed by atoms with Crippen molar-refractivity contribution in [3.63, 3.8) is 0 Å². The molecule has 0 aliphatic rings. The second-order valence-electron chi connectivity index (χ2n) is 6.17. The van der Waals surface area contributed by atoms with Crippen LogP contribution in [0.25, 0.3) is 0 Å². The van der Waals surface area contributed by atoms with Crippen LogP contribution in [0.2, 0.25) is 10.0 Å². The van der Waals surface area contributed by atoms with E-state index in [2.05, 4.69) is 10.6 Å². The summed E-state index contributed by atoms with van der Waals surface area (Å²) in [6.45, 7) is 1.44. The predicted octanol–water partition coefficient (Wildman–Crippen LogP) is 5.49. The Labute approximate surface area is 186 Å². The molecule has 0 bridgehead atoms. The molecule has 2 N–H and O–H groups in total. The summed E-state index contributed by atoms with van der Waals surface area (Å²) in [4.78, 5) is 37.5. The molecule has 0 spiro atoms. The number of hydrogen-bond donors (Lipinski definition) is 2. The molecule has 0 radical (unpaired) electrons. The topological polar surface area (TPSA) is 84.5 Å². The van der Waals surface area contributed by atoms with Gasteiger partial charge in [0.15, 0.2) is 6.10 Å². The number of thiophene rings is 1. The van der Waals surface area contributed by atoms with E-state index in [1.165, 1.54) is 36.5 Å². The first-order chi connectivity index (χ1) is 14.3. The summed E-state index contributed by atoms with van der Waals surface area (Å²) in [6, 6.07) is 14.4. The number of esters is 1. The minimum Gasteiger partial charge on any atom is -0.449 e. The number of rotatable bonds is 6. The lowest BCUT2D eigenvalue weighted by molar-refractivity contribution is -0.123. The van der Waals surface area contributed by atoms with E-state index in [1.807, 2.05) is 0 Å². The molecule has 0 saturated carbocycles. The monoisotopic (exact) mass is 462 g/mol. The molecule has 1 aromatic heterocycles. The quantitative estimate of drug-likeness (QED) is 0.474. The maximum Gasteiger partial charge on any atom is 0.338 e. The van der Waals surface area contributed by atoms with Gasteiger partial charge in [0.1, 0.15) is 0 Å². The van der Waals surface area contributed by atoms with Gasteiger partial charge in [0.05, 0.1) is 21.2 Å². The number of carbonyl (C=O) groups excluding carboxylic acids is 3. The molecule has 1 atom stereocenters. The number of ether oxygens (including phenoxy) is 1. The van der Waals surface area contributed by atoms with Crippen LogP contribution in [-0.4, -0.2) is 23.9 Å². The molecule has 30 heavy (non-hydrogen) atoms. The highest BCUT2D eigenvalue weighted by Crippen LogP contribution is 2.25. The number of hydrogen-bond acceptors (Lipinski definition) is 5. The van der Waals surface area contributed by atoms with Crippen LogP contribution in [0.15, 0.2) is 60.0 Å². The van der Waals surface area contributed by atoms with Crippen LogP contribution in [0.4, 0.5) is 11.4 Å². The molecule has 1 heterocycles. The smallest absolute Gasteiger partial charge is 0.338 e. The van der Waals surface area contributed by atoms with E-state index in [4.69, 9.17) is 27.9 Å². The van der Waals surface area contributed by atoms with E-state index in [0.29, 0.717) is 26.3 Å². The van der Waals surface area contributed by atoms with Crippen molar-refractivity contribution in [1.82, 2.24) is 0 Å². The largest absolute Gasteiger partial charge is 0.449 e. The van der Waals surface area contributed by atoms with Gasteiger partial charge in [-0.05, 0) is 54.8 Å². The van der Waals surface area contributed by atoms with Gasteiger partial charge in [-0.3, -0.25) is 9.59 Å². The Morgan fingerprint density at radius 3 is 2.53 bits per heavy atom. The summed E-state index contributed by atoms with van der Waals surface area (Å²) in [5.74, 6) is -1.54. The zero-order chi connectivity index (χ0) is 21.7. The van der Waals surface area contributed by atoms with Gasteiger partial charge in [-0.1, -0.05) is 35.3 Å². The first kappa shape index (κ1) is 21.8. The molecule has 0 fully saturated rings. The lowest BCUT2D eigenvalue weighted by Gasteiger charge is -2.15. The molecule has 2 aromatic carbocycles. The van der Waals surface area contributed by atoms with Crippen LogP contribution in [0.3, 0.4) is 0 Å². The third kappa shape index (κ3) is 5.60. The van der Waals surface area contributed by atoms with Gasteiger partial charge in [0.25, 0.3) is 11.8 Å². The molecule has 0 saturated heterocycles. The third-order valence-corrected chi connectivity index (χ3v) is 5.37. The lowest BCUT2D eigenvalue weighted by atomic mass is 10.2. The highest BCUT2D eigenvalue weighted by molar-refractivity contribution is 7.12. The molecule has 2 amide bonds. The molecule has 1 unspecified atom stereocenters. The average molecular weight is 463 g/mol. The third-order valence-electron chi connectivity index (χ3n) is 3.94. The minimum atomic E-state index is -1.09. The molecule has 0 aliphatic heterocycles. The fourth-order valence-electron chi connectivity index (χ4n) is 2.43. The molecule has 3 aromatic rings. The first-order valence-corrected chi connectivity index (χ1v) is 10.4. The normalized spacial score (nSPS) is 11.4. The van der Waals surface area contributed by atoms with E-state index >= 15 is 0 Å². The summed E-state index contributed by atoms with van der Waals surface area (Å²) in [5.41, 5.74) is 0.945. The van der Waals surface area contributed by atoms with Gasteiger partial charge < -0.3 is 15.4 Å². The predicted molar refractivity (Wildman–Crippen MR) is 119 cm³/mol. The van der Waals surface area contributed by atoms with Crippen LogP contribution in [-0.2, 0) is 9.53 Å². The Hall–Kier alpha value is -2.87. The van der Waals surface area contributed by atoms with Crippen molar-refractivity contribution in [2.24, 2.45) is 0 Å². The summed E-state index contributed by atoms with van der Waals surface area (Å²) < 4.78 is 5.24. The highest BCUT2D eigenvalue weighted by Gasteiger charge is 2.20. The van der Waals surface area contributed by atoms with Gasteiger partial charge in [-0.15, -0.1) is 11.3 Å². The van der Waals surface area contributed by atoms with Gasteiger partial charge >= 0.3 is 5.97 Å². The van der Waals surface area contributed by atoms with Crippen molar-refractivity contribution < 1.29 is 19.1 Å². The number of benzene rings is 2. The van der Waals surface area contributed by atoms with Crippen LogP contribution >= 0.6 is 34.5 Å². The van der Waals surface area contributed by atoms with Crippen molar-refractivity contribution in [2.75, 3.05) is 10.6 Å². The van der Waals surface area contributed by atoms with Crippen molar-refractivity contribution in [2.45, 2.75) is 13.0 Å². The molecule has 6 nitrogen and oxygen atoms in total. The Kier molecular flexibility index (Phi) is 7.10. The molecule has 154 valence electrons. The van der Waals surface area contributed by atoms with Crippen molar-refractivity contribution in [1.29, 1.82) is 0 Å². The number of anilines is 2. The fraction of sp³-hybridized carbons (Fsp3) is 0.0952. The van der Waals surface area contributed by atoms with E-state index in [9.17, 15) is 14.4 Å². The highest BCUT2D eigenvalue weighted by atomic mass is 35.5. The zero-order valence-corrected chi connectivity index (χ0v) is 18.0. The molecule has 9 heteroatoms. The van der Waals surface area contributed by atoms with E-state index < -0.39 is 18.0 Å². The van der Waals surface area contributed by atoms with Crippen LogP contribution in [0, 0.1) is 0 Å². The van der Waals surface area contributed by atoms with Crippen LogP contribution < -0.4 is 10.6 Å². The van der Waals surface area contributed by atoms with E-state index in [1.54, 1.807) is 41.8 Å². The molecular formula is C21H16Cl2N2O4S. The Bertz CT molecular complexity index is 1090. The van der Waals surface area contributed by atoms with Crippen molar-refractivity contribution in [3.8, 4) is 0 Å². The standard InChI is InChI=1S/C21H16Cl2N2O4S/c1-12(19(26)25-17-11-14(22)7-8-16(17)23)29-21(28)13-4-2-5-15(10-13)24-20(27)18-6-3-9-30-18/h2-12H,1H3,(H,24,27)(H,25,26). The first-order valence-electron chi connectivity index (χ1n) is 8.75. The van der Waals surface area contributed by atoms with Crippen molar-refractivity contribution in [3.05, 3.63) is 80.5 Å². The summed E-state index contributed by atoms with van der Waals surface area (Å²) >= 11 is 13.2. The van der Waals surface area contributed by atoms with Gasteiger partial charge in [0, 0.05) is 10.7 Å². The summed E-state index contributed by atoms with van der Waals surface area (Å²) in [7, 11) is 0. The molecule has 0 aliphatic carbocycles. The van der Waals surface area contributed by atoms with Gasteiger partial charge in [0.2, 0.25) is 0 Å². The van der Waals surface area contributed by atoms with Gasteiger partial charge in [-0.25, -0.2) is 4.79 Å². The Morgan fingerprint density at radius 2 is 1.80 bits per heavy atom. The maximum atomic E-state index is 12.4. The number of amides is 2. The summed E-state index contributed by atoms with van der Waals surface area (Å²) in [6.07, 6.45) is -1.09. The van der Waals surface area contributed by atoms with Gasteiger partial charge in [-0.2, -0.15) is 0 Å². The average Bonchev–Trinajstić information content (AvgIpc) is 3.26. The lowest BCUT2D eigenvalue weighted by Crippen LogP contribution is -2.30. The fourth-order valence-corrected chi connectivity index (χ4v) is 3.39. The zero-order valence-electron chi connectivity index (χ0n) is 15.6. The van der Waals surface area contributed by atoms with Crippen LogP contribution in [0.1, 0.15) is 27.0 Å². The van der Waals surface area contributed by atoms with E-state index in [0.717, 1.165) is 0 Å². The SMILES string of the molecule is CC(OC(=O)c1cccc(NC(=O)c2cccs2)c1)C(=O)Nc1cc(Cl)ccc1Cl. The maximum absolute atomic E-state index is 12.4. The summed E-state index contributed by atoms with van der Waals surface area (Å²) in [5, 5.41) is 7.80. The molecular weight excluding hydrogens is 447 g/mol. The number of carbonyl (C=O) groups is 3. The Morgan fingerprint density at radius 1 is 1.00 bits per heavy atom.